The van der Waals surface area contributed by atoms with Gasteiger partial charge in [-0.2, -0.15) is 0 Å². The topological polar surface area (TPSA) is 58.2 Å². The summed E-state index contributed by atoms with van der Waals surface area (Å²) in [7, 11) is 0. The molecule has 2 rings (SSSR count). The van der Waals surface area contributed by atoms with Crippen molar-refractivity contribution < 1.29 is 9.59 Å². The number of hydrogen-bond donors (Lipinski definition) is 2. The molecule has 0 aliphatic heterocycles. The number of anilines is 1. The summed E-state index contributed by atoms with van der Waals surface area (Å²) in [6.07, 6.45) is 2.15. The quantitative estimate of drug-likeness (QED) is 0.812. The first-order valence-electron chi connectivity index (χ1n) is 8.43. The van der Waals surface area contributed by atoms with Crippen LogP contribution in [-0.2, 0) is 9.59 Å². The van der Waals surface area contributed by atoms with Crippen LogP contribution >= 0.6 is 0 Å². The molecule has 0 heterocycles. The molecule has 4 nitrogen and oxygen atoms in total. The Hall–Kier alpha value is -2.10. The summed E-state index contributed by atoms with van der Waals surface area (Å²) in [5, 5.41) is 5.64. The predicted octanol–water partition coefficient (Wildman–Crippen LogP) is 3.60. The minimum atomic E-state index is -0.200. The van der Waals surface area contributed by atoms with Crippen LogP contribution in [-0.4, -0.2) is 18.4 Å². The fraction of sp³-hybridized carbons (Fsp3) is 0.500. The molecule has 2 N–H and O–H groups in total. The maximum Gasteiger partial charge on any atom is 0.243 e. The molecule has 1 aliphatic rings. The van der Waals surface area contributed by atoms with Crippen molar-refractivity contribution in [1.82, 2.24) is 5.32 Å². The number of carbonyl (C=O) groups is 2. The fourth-order valence-electron chi connectivity index (χ4n) is 3.21. The highest BCUT2D eigenvalue weighted by Gasteiger charge is 2.60. The largest absolute Gasteiger partial charge is 0.347 e. The molecule has 1 fully saturated rings. The average molecular weight is 328 g/mol. The summed E-state index contributed by atoms with van der Waals surface area (Å²) in [6, 6.07) is 5.79. The minimum Gasteiger partial charge on any atom is -0.347 e. The summed E-state index contributed by atoms with van der Waals surface area (Å²) in [6.45, 7) is 12.3. The van der Waals surface area contributed by atoms with Crippen LogP contribution in [0.15, 0.2) is 29.8 Å². The molecule has 0 bridgehead atoms. The molecule has 4 heteroatoms. The molecule has 0 radical (unpaired) electrons. The Kier molecular flexibility index (Phi) is 5.16. The van der Waals surface area contributed by atoms with Crippen molar-refractivity contribution in [1.29, 1.82) is 0 Å². The average Bonchev–Trinajstić information content (AvgIpc) is 3.01. The molecule has 2 unspecified atom stereocenters. The standard InChI is InChI=1S/C20H28N2O2/c1-12(2)10-15-18(20(15,5)6)19(24)21-11-17(23)22-16-9-7-8-13(3)14(16)4/h7-10,15,18H,11H2,1-6H3,(H,21,24)(H,22,23). The third-order valence-corrected chi connectivity index (χ3v) is 5.01. The molecule has 24 heavy (non-hydrogen) atoms. The van der Waals surface area contributed by atoms with E-state index in [2.05, 4.69) is 30.6 Å². The molecule has 2 amide bonds. The Morgan fingerprint density at radius 1 is 1.21 bits per heavy atom. The number of aryl methyl sites for hydroxylation is 1. The summed E-state index contributed by atoms with van der Waals surface area (Å²) >= 11 is 0. The third-order valence-electron chi connectivity index (χ3n) is 5.01. The van der Waals surface area contributed by atoms with E-state index < -0.39 is 0 Å². The van der Waals surface area contributed by atoms with Gasteiger partial charge in [0.25, 0.3) is 0 Å². The van der Waals surface area contributed by atoms with Gasteiger partial charge in [-0.1, -0.05) is 37.6 Å². The maximum atomic E-state index is 12.4. The lowest BCUT2D eigenvalue weighted by Crippen LogP contribution is -2.34. The third kappa shape index (κ3) is 3.86. The number of rotatable bonds is 5. The first-order chi connectivity index (χ1) is 11.1. The fourth-order valence-corrected chi connectivity index (χ4v) is 3.21. The van der Waals surface area contributed by atoms with Crippen LogP contribution in [0.25, 0.3) is 0 Å². The molecular formula is C20H28N2O2. The van der Waals surface area contributed by atoms with Gasteiger partial charge in [0.05, 0.1) is 12.5 Å². The van der Waals surface area contributed by atoms with E-state index in [0.29, 0.717) is 0 Å². The summed E-state index contributed by atoms with van der Waals surface area (Å²) in [5.41, 5.74) is 4.15. The molecule has 0 saturated heterocycles. The van der Waals surface area contributed by atoms with Gasteiger partial charge in [-0.25, -0.2) is 0 Å². The number of allylic oxidation sites excluding steroid dienone is 2. The zero-order valence-electron chi connectivity index (χ0n) is 15.5. The van der Waals surface area contributed by atoms with Crippen LogP contribution in [0.4, 0.5) is 5.69 Å². The van der Waals surface area contributed by atoms with Crippen molar-refractivity contribution in [2.75, 3.05) is 11.9 Å². The number of carbonyl (C=O) groups excluding carboxylic acids is 2. The first kappa shape index (κ1) is 18.2. The van der Waals surface area contributed by atoms with Gasteiger partial charge < -0.3 is 10.6 Å². The van der Waals surface area contributed by atoms with Crippen molar-refractivity contribution in [2.45, 2.75) is 41.5 Å². The van der Waals surface area contributed by atoms with Crippen molar-refractivity contribution in [3.8, 4) is 0 Å². The second kappa shape index (κ2) is 6.80. The molecule has 1 aliphatic carbocycles. The lowest BCUT2D eigenvalue weighted by Gasteiger charge is -2.11. The van der Waals surface area contributed by atoms with Crippen molar-refractivity contribution in [3.05, 3.63) is 41.0 Å². The molecule has 1 saturated carbocycles. The Labute approximate surface area is 144 Å². The van der Waals surface area contributed by atoms with Gasteiger partial charge in [-0.3, -0.25) is 9.59 Å². The second-order valence-electron chi connectivity index (χ2n) is 7.58. The summed E-state index contributed by atoms with van der Waals surface area (Å²) in [4.78, 5) is 24.5. The molecule has 2 atom stereocenters. The van der Waals surface area contributed by atoms with Crippen LogP contribution in [0.2, 0.25) is 0 Å². The highest BCUT2D eigenvalue weighted by Crippen LogP contribution is 2.59. The van der Waals surface area contributed by atoms with E-state index in [1.54, 1.807) is 0 Å². The van der Waals surface area contributed by atoms with E-state index in [4.69, 9.17) is 0 Å². The zero-order valence-corrected chi connectivity index (χ0v) is 15.5. The lowest BCUT2D eigenvalue weighted by molar-refractivity contribution is -0.125. The molecular weight excluding hydrogens is 300 g/mol. The first-order valence-corrected chi connectivity index (χ1v) is 8.43. The molecule has 0 spiro atoms. The zero-order chi connectivity index (χ0) is 18.1. The van der Waals surface area contributed by atoms with Gasteiger partial charge in [0.1, 0.15) is 0 Å². The van der Waals surface area contributed by atoms with E-state index in [1.165, 1.54) is 5.57 Å². The van der Waals surface area contributed by atoms with E-state index in [0.717, 1.165) is 16.8 Å². The molecule has 0 aromatic heterocycles. The number of benzene rings is 1. The van der Waals surface area contributed by atoms with Crippen LogP contribution < -0.4 is 10.6 Å². The van der Waals surface area contributed by atoms with Gasteiger partial charge in [-0.15, -0.1) is 0 Å². The molecule has 1 aromatic carbocycles. The van der Waals surface area contributed by atoms with Crippen LogP contribution in [0, 0.1) is 31.1 Å². The van der Waals surface area contributed by atoms with Gasteiger partial charge in [0.15, 0.2) is 0 Å². The van der Waals surface area contributed by atoms with Crippen LogP contribution in [0.3, 0.4) is 0 Å². The minimum absolute atomic E-state index is 0.000334. The highest BCUT2D eigenvalue weighted by atomic mass is 16.2. The van der Waals surface area contributed by atoms with Crippen LogP contribution in [0.1, 0.15) is 38.8 Å². The van der Waals surface area contributed by atoms with Crippen LogP contribution in [0.5, 0.6) is 0 Å². The normalized spacial score (nSPS) is 20.9. The number of hydrogen-bond acceptors (Lipinski definition) is 2. The van der Waals surface area contributed by atoms with E-state index >= 15 is 0 Å². The van der Waals surface area contributed by atoms with E-state index in [9.17, 15) is 9.59 Å². The predicted molar refractivity (Wildman–Crippen MR) is 97.7 cm³/mol. The number of amides is 2. The van der Waals surface area contributed by atoms with E-state index in [-0.39, 0.29) is 35.6 Å². The Bertz CT molecular complexity index is 685. The summed E-state index contributed by atoms with van der Waals surface area (Å²) < 4.78 is 0. The number of nitrogens with one attached hydrogen (secondary N) is 2. The van der Waals surface area contributed by atoms with Crippen molar-refractivity contribution >= 4 is 17.5 Å². The Morgan fingerprint density at radius 3 is 2.50 bits per heavy atom. The van der Waals surface area contributed by atoms with E-state index in [1.807, 2.05) is 45.9 Å². The monoisotopic (exact) mass is 328 g/mol. The van der Waals surface area contributed by atoms with Crippen molar-refractivity contribution in [2.24, 2.45) is 17.3 Å². The SMILES string of the molecule is CC(C)=CC1C(C(=O)NCC(=O)Nc2cccc(C)c2C)C1(C)C. The molecule has 1 aromatic rings. The van der Waals surface area contributed by atoms with Gasteiger partial charge in [0, 0.05) is 5.69 Å². The summed E-state index contributed by atoms with van der Waals surface area (Å²) in [5.74, 6) is -0.0432. The Morgan fingerprint density at radius 2 is 1.88 bits per heavy atom. The van der Waals surface area contributed by atoms with Gasteiger partial charge in [0.2, 0.25) is 11.8 Å². The smallest absolute Gasteiger partial charge is 0.243 e. The highest BCUT2D eigenvalue weighted by molar-refractivity contribution is 5.96. The maximum absolute atomic E-state index is 12.4. The van der Waals surface area contributed by atoms with Crippen molar-refractivity contribution in [3.63, 3.8) is 0 Å². The lowest BCUT2D eigenvalue weighted by atomic mass is 10.1. The molecule has 130 valence electrons. The second-order valence-corrected chi connectivity index (χ2v) is 7.58. The van der Waals surface area contributed by atoms with Gasteiger partial charge in [-0.05, 0) is 56.2 Å². The van der Waals surface area contributed by atoms with Gasteiger partial charge >= 0.3 is 0 Å². The Balaban J connectivity index is 1.89.